The fourth-order valence-electron chi connectivity index (χ4n) is 4.69. The number of ether oxygens (including phenoxy) is 1. The summed E-state index contributed by atoms with van der Waals surface area (Å²) in [6.07, 6.45) is 9.27. The van der Waals surface area contributed by atoms with Crippen LogP contribution in [0.1, 0.15) is 48.9 Å². The molecule has 4 heterocycles. The number of nitrogens with zero attached hydrogens (tertiary/aromatic N) is 2. The van der Waals surface area contributed by atoms with E-state index in [1.54, 1.807) is 12.3 Å². The van der Waals surface area contributed by atoms with Crippen LogP contribution >= 0.6 is 0 Å². The summed E-state index contributed by atoms with van der Waals surface area (Å²) in [5.41, 5.74) is 0.633. The van der Waals surface area contributed by atoms with Gasteiger partial charge in [0, 0.05) is 38.2 Å². The van der Waals surface area contributed by atoms with Crippen molar-refractivity contribution in [1.82, 2.24) is 15.1 Å². The smallest absolute Gasteiger partial charge is 0.257 e. The van der Waals surface area contributed by atoms with E-state index in [4.69, 9.17) is 9.15 Å². The lowest BCUT2D eigenvalue weighted by atomic mass is 9.92. The molecule has 0 radical (unpaired) electrons. The highest BCUT2D eigenvalue weighted by Gasteiger charge is 2.32. The first-order chi connectivity index (χ1) is 13.7. The average molecular weight is 389 g/mol. The highest BCUT2D eigenvalue weighted by Crippen LogP contribution is 2.25. The van der Waals surface area contributed by atoms with Crippen molar-refractivity contribution in [3.8, 4) is 0 Å². The molecule has 2 amide bonds. The van der Waals surface area contributed by atoms with Crippen LogP contribution in [-0.4, -0.2) is 73.1 Å². The molecule has 7 heteroatoms. The first kappa shape index (κ1) is 19.5. The quantitative estimate of drug-likeness (QED) is 0.832. The molecule has 154 valence electrons. The minimum atomic E-state index is 0.0637. The van der Waals surface area contributed by atoms with Crippen LogP contribution in [-0.2, 0) is 9.53 Å². The van der Waals surface area contributed by atoms with Crippen LogP contribution in [0.3, 0.4) is 0 Å². The molecule has 0 spiro atoms. The second-order valence-corrected chi connectivity index (χ2v) is 8.23. The van der Waals surface area contributed by atoms with E-state index in [1.807, 2.05) is 4.90 Å². The second-order valence-electron chi connectivity index (χ2n) is 8.23. The number of nitrogens with one attached hydrogen (secondary N) is 1. The van der Waals surface area contributed by atoms with Crippen LogP contribution in [0.4, 0.5) is 0 Å². The van der Waals surface area contributed by atoms with Crippen LogP contribution in [0.2, 0.25) is 0 Å². The van der Waals surface area contributed by atoms with Crippen molar-refractivity contribution in [3.05, 3.63) is 24.2 Å². The zero-order chi connectivity index (χ0) is 19.3. The van der Waals surface area contributed by atoms with Crippen LogP contribution in [0, 0.1) is 5.92 Å². The van der Waals surface area contributed by atoms with Gasteiger partial charge < -0.3 is 24.3 Å². The Morgan fingerprint density at radius 3 is 2.50 bits per heavy atom. The van der Waals surface area contributed by atoms with E-state index in [9.17, 15) is 9.59 Å². The first-order valence-electron chi connectivity index (χ1n) is 10.7. The van der Waals surface area contributed by atoms with E-state index in [-0.39, 0.29) is 23.8 Å². The Labute approximate surface area is 166 Å². The van der Waals surface area contributed by atoms with E-state index in [0.717, 1.165) is 71.3 Å². The van der Waals surface area contributed by atoms with Crippen LogP contribution in [0.25, 0.3) is 0 Å². The largest absolute Gasteiger partial charge is 0.472 e. The van der Waals surface area contributed by atoms with Gasteiger partial charge in [-0.1, -0.05) is 0 Å². The predicted octanol–water partition coefficient (Wildman–Crippen LogP) is 1.89. The van der Waals surface area contributed by atoms with Crippen LogP contribution < -0.4 is 5.32 Å². The van der Waals surface area contributed by atoms with Crippen molar-refractivity contribution < 1.29 is 18.7 Å². The Hall–Kier alpha value is -1.86. The van der Waals surface area contributed by atoms with Crippen LogP contribution in [0.15, 0.2) is 23.0 Å². The molecule has 7 nitrogen and oxygen atoms in total. The molecule has 3 aliphatic heterocycles. The predicted molar refractivity (Wildman–Crippen MR) is 104 cm³/mol. The van der Waals surface area contributed by atoms with Crippen molar-refractivity contribution in [1.29, 1.82) is 0 Å². The normalized spacial score (nSPS) is 25.1. The fourth-order valence-corrected chi connectivity index (χ4v) is 4.69. The van der Waals surface area contributed by atoms with Gasteiger partial charge in [-0.05, 0) is 57.7 Å². The topological polar surface area (TPSA) is 75.0 Å². The number of piperidine rings is 2. The molecule has 4 rings (SSSR count). The third-order valence-corrected chi connectivity index (χ3v) is 6.46. The Kier molecular flexibility index (Phi) is 6.32. The van der Waals surface area contributed by atoms with E-state index >= 15 is 0 Å². The lowest BCUT2D eigenvalue weighted by Crippen LogP contribution is -2.50. The summed E-state index contributed by atoms with van der Waals surface area (Å²) in [6, 6.07) is 2.24. The number of rotatable bonds is 5. The molecule has 0 aliphatic carbocycles. The lowest BCUT2D eigenvalue weighted by Gasteiger charge is -2.41. The summed E-state index contributed by atoms with van der Waals surface area (Å²) < 4.78 is 10.6. The molecular weight excluding hydrogens is 358 g/mol. The minimum absolute atomic E-state index is 0.0637. The van der Waals surface area contributed by atoms with Gasteiger partial charge in [0.2, 0.25) is 5.91 Å². The molecule has 3 fully saturated rings. The lowest BCUT2D eigenvalue weighted by molar-refractivity contribution is -0.127. The number of carbonyl (C=O) groups excluding carboxylic acids is 2. The van der Waals surface area contributed by atoms with Crippen molar-refractivity contribution in [3.63, 3.8) is 0 Å². The monoisotopic (exact) mass is 389 g/mol. The maximum absolute atomic E-state index is 12.4. The molecule has 1 unspecified atom stereocenters. The molecule has 1 N–H and O–H groups in total. The number of hydrogen-bond donors (Lipinski definition) is 1. The third kappa shape index (κ3) is 4.58. The Bertz CT molecular complexity index is 641. The minimum Gasteiger partial charge on any atom is -0.472 e. The van der Waals surface area contributed by atoms with Gasteiger partial charge in [-0.25, -0.2) is 0 Å². The number of likely N-dealkylation sites (tertiary alicyclic amines) is 2. The number of carbonyl (C=O) groups is 2. The summed E-state index contributed by atoms with van der Waals surface area (Å²) in [7, 11) is 0. The molecule has 0 aromatic carbocycles. The zero-order valence-electron chi connectivity index (χ0n) is 16.5. The third-order valence-electron chi connectivity index (χ3n) is 6.46. The highest BCUT2D eigenvalue weighted by molar-refractivity contribution is 5.93. The Morgan fingerprint density at radius 1 is 1.07 bits per heavy atom. The fraction of sp³-hybridized carbons (Fsp3) is 0.714. The molecule has 3 saturated heterocycles. The van der Waals surface area contributed by atoms with E-state index in [0.29, 0.717) is 18.2 Å². The average Bonchev–Trinajstić information content (AvgIpc) is 3.46. The van der Waals surface area contributed by atoms with Crippen molar-refractivity contribution in [2.75, 3.05) is 39.3 Å². The van der Waals surface area contributed by atoms with Gasteiger partial charge in [-0.15, -0.1) is 0 Å². The van der Waals surface area contributed by atoms with Gasteiger partial charge in [-0.2, -0.15) is 0 Å². The van der Waals surface area contributed by atoms with Crippen molar-refractivity contribution in [2.24, 2.45) is 5.92 Å². The van der Waals surface area contributed by atoms with Crippen LogP contribution in [0.5, 0.6) is 0 Å². The molecule has 1 aromatic heterocycles. The molecule has 0 saturated carbocycles. The summed E-state index contributed by atoms with van der Waals surface area (Å²) in [5, 5.41) is 3.09. The maximum Gasteiger partial charge on any atom is 0.257 e. The molecular formula is C21H31N3O4. The molecule has 28 heavy (non-hydrogen) atoms. The van der Waals surface area contributed by atoms with Crippen molar-refractivity contribution >= 4 is 11.8 Å². The first-order valence-corrected chi connectivity index (χ1v) is 10.7. The summed E-state index contributed by atoms with van der Waals surface area (Å²) in [5.74, 6) is 0.380. The van der Waals surface area contributed by atoms with Gasteiger partial charge in [0.05, 0.1) is 17.9 Å². The van der Waals surface area contributed by atoms with Gasteiger partial charge in [-0.3, -0.25) is 9.59 Å². The van der Waals surface area contributed by atoms with Gasteiger partial charge in [0.15, 0.2) is 0 Å². The zero-order valence-corrected chi connectivity index (χ0v) is 16.5. The molecule has 1 atom stereocenters. The number of furan rings is 1. The van der Waals surface area contributed by atoms with E-state index in [2.05, 4.69) is 10.2 Å². The maximum atomic E-state index is 12.4. The SMILES string of the molecule is O=C(NCC1CCCO1)C1CCN(C2CCN(C(=O)c3ccoc3)CC2)CC1. The highest BCUT2D eigenvalue weighted by atomic mass is 16.5. The summed E-state index contributed by atoms with van der Waals surface area (Å²) >= 11 is 0. The number of hydrogen-bond acceptors (Lipinski definition) is 5. The number of amides is 2. The standard InChI is InChI=1S/C21H31N3O4/c25-20(22-14-19-2-1-12-28-19)16-3-8-23(9-4-16)18-5-10-24(11-6-18)21(26)17-7-13-27-15-17/h7,13,15-16,18-19H,1-6,8-12,14H2,(H,22,25). The second kappa shape index (κ2) is 9.09. The Morgan fingerprint density at radius 2 is 1.86 bits per heavy atom. The summed E-state index contributed by atoms with van der Waals surface area (Å²) in [4.78, 5) is 29.3. The molecule has 0 bridgehead atoms. The summed E-state index contributed by atoms with van der Waals surface area (Å²) in [6.45, 7) is 5.00. The Balaban J connectivity index is 1.17. The van der Waals surface area contributed by atoms with Gasteiger partial charge in [0.25, 0.3) is 5.91 Å². The molecule has 3 aliphatic rings. The van der Waals surface area contributed by atoms with Gasteiger partial charge >= 0.3 is 0 Å². The van der Waals surface area contributed by atoms with Crippen molar-refractivity contribution in [2.45, 2.75) is 50.7 Å². The van der Waals surface area contributed by atoms with Gasteiger partial charge in [0.1, 0.15) is 6.26 Å². The van der Waals surface area contributed by atoms with E-state index in [1.165, 1.54) is 6.26 Å². The molecule has 1 aromatic rings. The van der Waals surface area contributed by atoms with E-state index < -0.39 is 0 Å².